The van der Waals surface area contributed by atoms with Gasteiger partial charge in [-0.15, -0.1) is 0 Å². The standard InChI is InChI=1S/C21H22F3NO5/c1-3-29-18-10-8-17(9-11-18)25-19(26)14(2)30-20(27)16-6-4-15(5-7-16)12-28-13-21(22,23)24/h4-11,14H,3,12-13H2,1-2H3,(H,25,26). The molecule has 6 nitrogen and oxygen atoms in total. The molecule has 0 bridgehead atoms. The minimum Gasteiger partial charge on any atom is -0.494 e. The molecule has 0 radical (unpaired) electrons. The lowest BCUT2D eigenvalue weighted by Gasteiger charge is -2.14. The molecule has 2 aromatic carbocycles. The molecule has 0 saturated carbocycles. The summed E-state index contributed by atoms with van der Waals surface area (Å²) >= 11 is 0. The molecule has 1 N–H and O–H groups in total. The van der Waals surface area contributed by atoms with E-state index in [1.807, 2.05) is 6.92 Å². The highest BCUT2D eigenvalue weighted by atomic mass is 19.4. The Morgan fingerprint density at radius 1 is 1.03 bits per heavy atom. The van der Waals surface area contributed by atoms with E-state index >= 15 is 0 Å². The zero-order chi connectivity index (χ0) is 22.1. The third kappa shape index (κ3) is 7.75. The third-order valence-corrected chi connectivity index (χ3v) is 3.81. The van der Waals surface area contributed by atoms with Gasteiger partial charge in [-0.1, -0.05) is 12.1 Å². The van der Waals surface area contributed by atoms with Gasteiger partial charge in [0, 0.05) is 5.69 Å². The fourth-order valence-electron chi connectivity index (χ4n) is 2.35. The van der Waals surface area contributed by atoms with Crippen LogP contribution in [0.5, 0.6) is 5.75 Å². The minimum atomic E-state index is -4.40. The average Bonchev–Trinajstić information content (AvgIpc) is 2.69. The van der Waals surface area contributed by atoms with Gasteiger partial charge in [-0.05, 0) is 55.8 Å². The van der Waals surface area contributed by atoms with Gasteiger partial charge >= 0.3 is 12.1 Å². The lowest BCUT2D eigenvalue weighted by molar-refractivity contribution is -0.176. The number of alkyl halides is 3. The SMILES string of the molecule is CCOc1ccc(NC(=O)C(C)OC(=O)c2ccc(COCC(F)(F)F)cc2)cc1. The number of benzene rings is 2. The van der Waals surface area contributed by atoms with Crippen LogP contribution in [0.2, 0.25) is 0 Å². The summed E-state index contributed by atoms with van der Waals surface area (Å²) < 4.78 is 51.3. The molecule has 0 spiro atoms. The summed E-state index contributed by atoms with van der Waals surface area (Å²) in [6, 6.07) is 12.4. The zero-order valence-electron chi connectivity index (χ0n) is 16.5. The van der Waals surface area contributed by atoms with E-state index in [0.717, 1.165) is 0 Å². The van der Waals surface area contributed by atoms with Gasteiger partial charge < -0.3 is 19.5 Å². The number of nitrogens with one attached hydrogen (secondary N) is 1. The number of rotatable bonds is 9. The van der Waals surface area contributed by atoms with Crippen molar-refractivity contribution < 1.29 is 37.0 Å². The molecule has 0 fully saturated rings. The summed E-state index contributed by atoms with van der Waals surface area (Å²) in [6.45, 7) is 2.23. The fourth-order valence-corrected chi connectivity index (χ4v) is 2.35. The molecule has 0 aromatic heterocycles. The van der Waals surface area contributed by atoms with Gasteiger partial charge in [0.2, 0.25) is 0 Å². The first-order valence-corrected chi connectivity index (χ1v) is 9.16. The molecule has 0 aliphatic carbocycles. The van der Waals surface area contributed by atoms with Crippen LogP contribution >= 0.6 is 0 Å². The molecule has 9 heteroatoms. The van der Waals surface area contributed by atoms with Crippen LogP contribution in [0, 0.1) is 0 Å². The molecule has 0 aliphatic rings. The van der Waals surface area contributed by atoms with Gasteiger partial charge in [-0.3, -0.25) is 4.79 Å². The number of hydrogen-bond donors (Lipinski definition) is 1. The minimum absolute atomic E-state index is 0.162. The Morgan fingerprint density at radius 3 is 2.23 bits per heavy atom. The van der Waals surface area contributed by atoms with Crippen LogP contribution in [0.25, 0.3) is 0 Å². The largest absolute Gasteiger partial charge is 0.494 e. The number of carbonyl (C=O) groups is 2. The highest BCUT2D eigenvalue weighted by Gasteiger charge is 2.27. The predicted octanol–water partition coefficient (Wildman–Crippen LogP) is 4.35. The second-order valence-corrected chi connectivity index (χ2v) is 6.30. The van der Waals surface area contributed by atoms with E-state index in [1.54, 1.807) is 24.3 Å². The van der Waals surface area contributed by atoms with Gasteiger partial charge in [-0.2, -0.15) is 13.2 Å². The fraction of sp³-hybridized carbons (Fsp3) is 0.333. The second-order valence-electron chi connectivity index (χ2n) is 6.30. The molecule has 1 atom stereocenters. The van der Waals surface area contributed by atoms with Gasteiger partial charge in [0.25, 0.3) is 5.91 Å². The van der Waals surface area contributed by atoms with Crippen molar-refractivity contribution in [3.05, 3.63) is 59.7 Å². The summed E-state index contributed by atoms with van der Waals surface area (Å²) in [5.74, 6) is -0.570. The van der Waals surface area contributed by atoms with E-state index in [4.69, 9.17) is 9.47 Å². The van der Waals surface area contributed by atoms with Crippen molar-refractivity contribution in [3.63, 3.8) is 0 Å². The molecule has 0 saturated heterocycles. The van der Waals surface area contributed by atoms with Crippen molar-refractivity contribution in [2.24, 2.45) is 0 Å². The Bertz CT molecular complexity index is 835. The van der Waals surface area contributed by atoms with Crippen LogP contribution in [-0.2, 0) is 20.9 Å². The van der Waals surface area contributed by atoms with Crippen LogP contribution in [0.4, 0.5) is 18.9 Å². The van der Waals surface area contributed by atoms with Gasteiger partial charge in [0.05, 0.1) is 18.8 Å². The maximum atomic E-state index is 12.2. The summed E-state index contributed by atoms with van der Waals surface area (Å²) in [6.07, 6.45) is -5.45. The number of amides is 1. The Kier molecular flexibility index (Phi) is 8.23. The lowest BCUT2D eigenvalue weighted by Crippen LogP contribution is -2.30. The molecule has 1 unspecified atom stereocenters. The monoisotopic (exact) mass is 425 g/mol. The topological polar surface area (TPSA) is 73.9 Å². The van der Waals surface area contributed by atoms with E-state index in [0.29, 0.717) is 23.6 Å². The summed E-state index contributed by atoms with van der Waals surface area (Å²) in [5.41, 5.74) is 1.15. The van der Waals surface area contributed by atoms with E-state index in [2.05, 4.69) is 10.1 Å². The molecule has 2 aromatic rings. The van der Waals surface area contributed by atoms with Gasteiger partial charge in [0.15, 0.2) is 6.10 Å². The first-order valence-electron chi connectivity index (χ1n) is 9.16. The van der Waals surface area contributed by atoms with E-state index in [-0.39, 0.29) is 12.2 Å². The van der Waals surface area contributed by atoms with Crippen molar-refractivity contribution in [1.82, 2.24) is 0 Å². The van der Waals surface area contributed by atoms with Crippen molar-refractivity contribution >= 4 is 17.6 Å². The van der Waals surface area contributed by atoms with Crippen molar-refractivity contribution in [1.29, 1.82) is 0 Å². The maximum absolute atomic E-state index is 12.2. The molecule has 162 valence electrons. The van der Waals surface area contributed by atoms with Gasteiger partial charge in [0.1, 0.15) is 12.4 Å². The Hall–Kier alpha value is -3.07. The molecule has 2 rings (SSSR count). The molecule has 1 amide bonds. The molecule has 0 heterocycles. The normalized spacial score (nSPS) is 12.2. The van der Waals surface area contributed by atoms with Crippen molar-refractivity contribution in [2.75, 3.05) is 18.5 Å². The quantitative estimate of drug-likeness (QED) is 0.605. The third-order valence-electron chi connectivity index (χ3n) is 3.81. The number of carbonyl (C=O) groups excluding carboxylic acids is 2. The summed E-state index contributed by atoms with van der Waals surface area (Å²) in [7, 11) is 0. The number of esters is 1. The Balaban J connectivity index is 1.84. The lowest BCUT2D eigenvalue weighted by atomic mass is 10.1. The van der Waals surface area contributed by atoms with Crippen LogP contribution in [0.15, 0.2) is 48.5 Å². The summed E-state index contributed by atoms with van der Waals surface area (Å²) in [4.78, 5) is 24.4. The zero-order valence-corrected chi connectivity index (χ0v) is 16.5. The number of ether oxygens (including phenoxy) is 3. The van der Waals surface area contributed by atoms with E-state index in [1.165, 1.54) is 31.2 Å². The van der Waals surface area contributed by atoms with Crippen LogP contribution in [0.3, 0.4) is 0 Å². The molecule has 30 heavy (non-hydrogen) atoms. The van der Waals surface area contributed by atoms with Crippen LogP contribution < -0.4 is 10.1 Å². The summed E-state index contributed by atoms with van der Waals surface area (Å²) in [5, 5.41) is 2.63. The molecular formula is C21H22F3NO5. The van der Waals surface area contributed by atoms with E-state index < -0.39 is 30.8 Å². The van der Waals surface area contributed by atoms with Crippen LogP contribution in [-0.4, -0.2) is 37.4 Å². The van der Waals surface area contributed by atoms with E-state index in [9.17, 15) is 22.8 Å². The van der Waals surface area contributed by atoms with Crippen molar-refractivity contribution in [3.8, 4) is 5.75 Å². The van der Waals surface area contributed by atoms with Crippen LogP contribution in [0.1, 0.15) is 29.8 Å². The second kappa shape index (κ2) is 10.6. The maximum Gasteiger partial charge on any atom is 0.411 e. The molecule has 0 aliphatic heterocycles. The smallest absolute Gasteiger partial charge is 0.411 e. The number of anilines is 1. The Labute approximate surface area is 171 Å². The predicted molar refractivity (Wildman–Crippen MR) is 103 cm³/mol. The average molecular weight is 425 g/mol. The number of halogens is 3. The Morgan fingerprint density at radius 2 is 1.67 bits per heavy atom. The van der Waals surface area contributed by atoms with Crippen molar-refractivity contribution in [2.45, 2.75) is 32.7 Å². The molecular weight excluding hydrogens is 403 g/mol. The van der Waals surface area contributed by atoms with Gasteiger partial charge in [-0.25, -0.2) is 4.79 Å². The first kappa shape index (κ1) is 23.2. The first-order chi connectivity index (χ1) is 14.2. The highest BCUT2D eigenvalue weighted by Crippen LogP contribution is 2.17. The highest BCUT2D eigenvalue weighted by molar-refractivity contribution is 5.97. The number of hydrogen-bond acceptors (Lipinski definition) is 5.